The van der Waals surface area contributed by atoms with E-state index in [-0.39, 0.29) is 18.6 Å². The van der Waals surface area contributed by atoms with E-state index in [1.807, 2.05) is 43.3 Å². The van der Waals surface area contributed by atoms with Crippen molar-refractivity contribution in [1.82, 2.24) is 10.2 Å². The number of nitrogens with one attached hydrogen (secondary N) is 1. The summed E-state index contributed by atoms with van der Waals surface area (Å²) in [5.41, 5.74) is 0.975. The molecule has 0 aliphatic carbocycles. The number of carbonyl (C=O) groups excluding carboxylic acids is 1. The number of likely N-dealkylation sites (N-methyl/N-ethyl adjacent to an activating group) is 1. The van der Waals surface area contributed by atoms with Crippen LogP contribution in [-0.4, -0.2) is 38.1 Å². The highest BCUT2D eigenvalue weighted by Gasteiger charge is 2.17. The Balaban J connectivity index is 1.88. The zero-order chi connectivity index (χ0) is 17.5. The smallest absolute Gasteiger partial charge is 0.258 e. The number of hydrogen-bond donors (Lipinski definition) is 1. The first kappa shape index (κ1) is 18.6. The highest BCUT2D eigenvalue weighted by Crippen LogP contribution is 2.25. The Bertz CT molecular complexity index is 675. The molecule has 1 N–H and O–H groups in total. The fourth-order valence-corrected chi connectivity index (χ4v) is 2.64. The van der Waals surface area contributed by atoms with E-state index in [0.717, 1.165) is 5.56 Å². The minimum atomic E-state index is -0.191. The van der Waals surface area contributed by atoms with E-state index in [9.17, 15) is 4.79 Å². The van der Waals surface area contributed by atoms with Crippen LogP contribution >= 0.6 is 23.2 Å². The van der Waals surface area contributed by atoms with Gasteiger partial charge < -0.3 is 15.0 Å². The fraction of sp³-hybridized carbons (Fsp3) is 0.278. The number of carbonyl (C=O) groups is 1. The van der Waals surface area contributed by atoms with Crippen LogP contribution in [0.3, 0.4) is 0 Å². The average Bonchev–Trinajstić information content (AvgIpc) is 2.56. The van der Waals surface area contributed by atoms with Crippen molar-refractivity contribution in [3.8, 4) is 5.75 Å². The second-order valence-corrected chi connectivity index (χ2v) is 6.39. The molecule has 0 saturated heterocycles. The molecule has 2 rings (SSSR count). The van der Waals surface area contributed by atoms with E-state index in [0.29, 0.717) is 22.3 Å². The van der Waals surface area contributed by atoms with Gasteiger partial charge >= 0.3 is 0 Å². The average molecular weight is 367 g/mol. The van der Waals surface area contributed by atoms with Crippen molar-refractivity contribution in [2.24, 2.45) is 0 Å². The summed E-state index contributed by atoms with van der Waals surface area (Å²) in [6, 6.07) is 14.5. The molecule has 0 aliphatic rings. The highest BCUT2D eigenvalue weighted by molar-refractivity contribution is 6.31. The van der Waals surface area contributed by atoms with Crippen LogP contribution < -0.4 is 10.1 Å². The van der Waals surface area contributed by atoms with Gasteiger partial charge in [-0.05, 0) is 50.0 Å². The minimum Gasteiger partial charge on any atom is -0.484 e. The molecule has 0 bridgehead atoms. The van der Waals surface area contributed by atoms with Crippen LogP contribution in [0.25, 0.3) is 0 Å². The van der Waals surface area contributed by atoms with Crippen molar-refractivity contribution >= 4 is 29.1 Å². The van der Waals surface area contributed by atoms with Gasteiger partial charge in [0.25, 0.3) is 5.91 Å². The van der Waals surface area contributed by atoms with Crippen molar-refractivity contribution in [2.45, 2.75) is 6.04 Å². The summed E-state index contributed by atoms with van der Waals surface area (Å²) in [7, 11) is 3.90. The maximum absolute atomic E-state index is 12.0. The number of amides is 1. The quantitative estimate of drug-likeness (QED) is 0.810. The van der Waals surface area contributed by atoms with Crippen molar-refractivity contribution < 1.29 is 9.53 Å². The number of rotatable bonds is 7. The zero-order valence-electron chi connectivity index (χ0n) is 13.6. The van der Waals surface area contributed by atoms with Gasteiger partial charge in [0, 0.05) is 16.6 Å². The van der Waals surface area contributed by atoms with Gasteiger partial charge in [-0.1, -0.05) is 41.4 Å². The molecular weight excluding hydrogens is 347 g/mol. The summed E-state index contributed by atoms with van der Waals surface area (Å²) in [4.78, 5) is 14.0. The molecule has 6 heteroatoms. The Hall–Kier alpha value is -1.75. The van der Waals surface area contributed by atoms with Gasteiger partial charge in [-0.15, -0.1) is 0 Å². The van der Waals surface area contributed by atoms with E-state index < -0.39 is 0 Å². The van der Waals surface area contributed by atoms with Gasteiger partial charge in [0.2, 0.25) is 0 Å². The van der Waals surface area contributed by atoms with Crippen molar-refractivity contribution in [1.29, 1.82) is 0 Å². The lowest BCUT2D eigenvalue weighted by Gasteiger charge is -2.26. The summed E-state index contributed by atoms with van der Waals surface area (Å²) in [5, 5.41) is 4.19. The van der Waals surface area contributed by atoms with Crippen molar-refractivity contribution in [3.05, 3.63) is 64.1 Å². The van der Waals surface area contributed by atoms with Gasteiger partial charge in [0.05, 0.1) is 6.04 Å². The monoisotopic (exact) mass is 366 g/mol. The molecule has 0 aromatic heterocycles. The van der Waals surface area contributed by atoms with Crippen LogP contribution in [0.5, 0.6) is 5.75 Å². The molecule has 4 nitrogen and oxygen atoms in total. The van der Waals surface area contributed by atoms with E-state index in [4.69, 9.17) is 27.9 Å². The largest absolute Gasteiger partial charge is 0.484 e. The summed E-state index contributed by atoms with van der Waals surface area (Å²) in [6.45, 7) is 0.393. The highest BCUT2D eigenvalue weighted by atomic mass is 35.5. The standard InChI is InChI=1S/C18H20Cl2N2O2/c1-22(2)17(15-5-3-4-6-16(15)20)11-21-18(23)12-24-14-9-7-13(19)8-10-14/h3-10,17H,11-12H2,1-2H3,(H,21,23)/t17-/m1/s1. The predicted molar refractivity (Wildman–Crippen MR) is 97.8 cm³/mol. The number of benzene rings is 2. The van der Waals surface area contributed by atoms with Crippen molar-refractivity contribution in [3.63, 3.8) is 0 Å². The third-order valence-electron chi connectivity index (χ3n) is 3.56. The molecule has 128 valence electrons. The SMILES string of the molecule is CN(C)[C@H](CNC(=O)COc1ccc(Cl)cc1)c1ccccc1Cl. The third-order valence-corrected chi connectivity index (χ3v) is 4.16. The molecule has 0 spiro atoms. The molecule has 0 heterocycles. The fourth-order valence-electron chi connectivity index (χ4n) is 2.26. The third kappa shape index (κ3) is 5.41. The molecule has 24 heavy (non-hydrogen) atoms. The minimum absolute atomic E-state index is 0.0156. The maximum atomic E-state index is 12.0. The predicted octanol–water partition coefficient (Wildman–Crippen LogP) is 3.79. The molecule has 0 radical (unpaired) electrons. The summed E-state index contributed by atoms with van der Waals surface area (Å²) in [5.74, 6) is 0.411. The Morgan fingerprint density at radius 3 is 2.42 bits per heavy atom. The van der Waals surface area contributed by atoms with Gasteiger partial charge in [0.15, 0.2) is 6.61 Å². The molecule has 0 unspecified atom stereocenters. The second kappa shape index (κ2) is 8.92. The zero-order valence-corrected chi connectivity index (χ0v) is 15.1. The van der Waals surface area contributed by atoms with Gasteiger partial charge in [0.1, 0.15) is 5.75 Å². The van der Waals surface area contributed by atoms with Crippen LogP contribution in [0.4, 0.5) is 0 Å². The van der Waals surface area contributed by atoms with E-state index in [1.54, 1.807) is 24.3 Å². The molecule has 0 fully saturated rings. The number of nitrogens with zero attached hydrogens (tertiary/aromatic N) is 1. The topological polar surface area (TPSA) is 41.6 Å². The number of hydrogen-bond acceptors (Lipinski definition) is 3. The van der Waals surface area contributed by atoms with Gasteiger partial charge in [-0.3, -0.25) is 4.79 Å². The lowest BCUT2D eigenvalue weighted by Crippen LogP contribution is -2.37. The number of halogens is 2. The molecule has 0 saturated carbocycles. The normalized spacial score (nSPS) is 12.0. The summed E-state index contributed by atoms with van der Waals surface area (Å²) in [6.07, 6.45) is 0. The second-order valence-electron chi connectivity index (χ2n) is 5.55. The molecule has 2 aromatic rings. The van der Waals surface area contributed by atoms with Crippen LogP contribution in [-0.2, 0) is 4.79 Å². The van der Waals surface area contributed by atoms with Gasteiger partial charge in [-0.2, -0.15) is 0 Å². The van der Waals surface area contributed by atoms with Crippen LogP contribution in [0.1, 0.15) is 11.6 Å². The van der Waals surface area contributed by atoms with Crippen molar-refractivity contribution in [2.75, 3.05) is 27.2 Å². The lowest BCUT2D eigenvalue weighted by atomic mass is 10.1. The van der Waals surface area contributed by atoms with E-state index in [2.05, 4.69) is 5.32 Å². The molecule has 1 atom stereocenters. The van der Waals surface area contributed by atoms with E-state index in [1.165, 1.54) is 0 Å². The Kier molecular flexibility index (Phi) is 6.91. The summed E-state index contributed by atoms with van der Waals surface area (Å²) >= 11 is 12.1. The van der Waals surface area contributed by atoms with Crippen LogP contribution in [0.15, 0.2) is 48.5 Å². The lowest BCUT2D eigenvalue weighted by molar-refractivity contribution is -0.123. The van der Waals surface area contributed by atoms with E-state index >= 15 is 0 Å². The molecule has 2 aromatic carbocycles. The molecule has 1 amide bonds. The molecular formula is C18H20Cl2N2O2. The summed E-state index contributed by atoms with van der Waals surface area (Å²) < 4.78 is 5.43. The van der Waals surface area contributed by atoms with Crippen LogP contribution in [0, 0.1) is 0 Å². The molecule has 0 aliphatic heterocycles. The van der Waals surface area contributed by atoms with Crippen LogP contribution in [0.2, 0.25) is 10.0 Å². The first-order chi connectivity index (χ1) is 11.5. The van der Waals surface area contributed by atoms with Gasteiger partial charge in [-0.25, -0.2) is 0 Å². The Morgan fingerprint density at radius 1 is 1.12 bits per heavy atom. The first-order valence-corrected chi connectivity index (χ1v) is 8.29. The Morgan fingerprint density at radius 2 is 1.79 bits per heavy atom. The number of ether oxygens (including phenoxy) is 1. The maximum Gasteiger partial charge on any atom is 0.258 e. The Labute approximate surface area is 152 Å². The first-order valence-electron chi connectivity index (χ1n) is 7.53.